The van der Waals surface area contributed by atoms with E-state index < -0.39 is 41.6 Å². The Kier molecular flexibility index (Phi) is 5.60. The number of nitrogens with one attached hydrogen (secondary N) is 1. The van der Waals surface area contributed by atoms with Crippen LogP contribution in [0.5, 0.6) is 0 Å². The van der Waals surface area contributed by atoms with Crippen molar-refractivity contribution in [3.05, 3.63) is 51.3 Å². The molecule has 0 unspecified atom stereocenters. The van der Waals surface area contributed by atoms with Crippen LogP contribution in [-0.2, 0) is 20.9 Å². The summed E-state index contributed by atoms with van der Waals surface area (Å²) in [6, 6.07) is 2.58. The number of halogens is 2. The topological polar surface area (TPSA) is 116 Å². The number of ether oxygens (including phenoxy) is 1. The van der Waals surface area contributed by atoms with Crippen LogP contribution in [0.1, 0.15) is 11.4 Å². The summed E-state index contributed by atoms with van der Waals surface area (Å²) in [6.45, 7) is 1.71. The van der Waals surface area contributed by atoms with Gasteiger partial charge in [0.15, 0.2) is 6.61 Å². The number of benzene rings is 1. The van der Waals surface area contributed by atoms with Crippen molar-refractivity contribution in [3.63, 3.8) is 0 Å². The van der Waals surface area contributed by atoms with Crippen LogP contribution in [0.4, 0.5) is 20.2 Å². The van der Waals surface area contributed by atoms with E-state index in [1.54, 1.807) is 0 Å². The van der Waals surface area contributed by atoms with Crippen LogP contribution >= 0.6 is 0 Å². The molecule has 11 heteroatoms. The van der Waals surface area contributed by atoms with Gasteiger partial charge in [0.25, 0.3) is 5.91 Å². The van der Waals surface area contributed by atoms with Crippen LogP contribution in [0.3, 0.4) is 0 Å². The van der Waals surface area contributed by atoms with Crippen molar-refractivity contribution in [2.45, 2.75) is 20.4 Å². The van der Waals surface area contributed by atoms with Crippen molar-refractivity contribution < 1.29 is 28.0 Å². The minimum atomic E-state index is -0.973. The van der Waals surface area contributed by atoms with Gasteiger partial charge in [0.1, 0.15) is 29.6 Å². The van der Waals surface area contributed by atoms with Crippen LogP contribution in [0.15, 0.2) is 18.2 Å². The minimum Gasteiger partial charge on any atom is -0.454 e. The third-order valence-electron chi connectivity index (χ3n) is 3.37. The largest absolute Gasteiger partial charge is 0.454 e. The number of hydrogen-bond donors (Lipinski definition) is 1. The maximum absolute atomic E-state index is 13.4. The van der Waals surface area contributed by atoms with E-state index in [1.165, 1.54) is 13.8 Å². The quantitative estimate of drug-likeness (QED) is 0.473. The molecule has 0 atom stereocenters. The molecule has 0 spiro atoms. The van der Waals surface area contributed by atoms with E-state index in [4.69, 9.17) is 4.74 Å². The molecule has 1 amide bonds. The smallest absolute Gasteiger partial charge is 0.328 e. The Hall–Kier alpha value is -3.37. The second-order valence-electron chi connectivity index (χ2n) is 5.27. The van der Waals surface area contributed by atoms with Crippen LogP contribution in [0, 0.1) is 35.6 Å². The molecule has 0 aliphatic rings. The fourth-order valence-corrected chi connectivity index (χ4v) is 2.20. The molecule has 2 rings (SSSR count). The van der Waals surface area contributed by atoms with Gasteiger partial charge in [-0.15, -0.1) is 0 Å². The molecule has 138 valence electrons. The van der Waals surface area contributed by atoms with Crippen LogP contribution in [0.25, 0.3) is 0 Å². The number of carbonyl (C=O) groups is 2. The predicted octanol–water partition coefficient (Wildman–Crippen LogP) is 1.87. The van der Waals surface area contributed by atoms with E-state index in [2.05, 4.69) is 10.4 Å². The Morgan fingerprint density at radius 3 is 2.62 bits per heavy atom. The zero-order valence-corrected chi connectivity index (χ0v) is 13.8. The third kappa shape index (κ3) is 4.37. The molecular weight excluding hydrogens is 354 g/mol. The molecule has 0 radical (unpaired) electrons. The first kappa shape index (κ1) is 19.0. The zero-order chi connectivity index (χ0) is 19.4. The van der Waals surface area contributed by atoms with Crippen LogP contribution in [-0.4, -0.2) is 33.2 Å². The van der Waals surface area contributed by atoms with Crippen molar-refractivity contribution in [2.24, 2.45) is 0 Å². The fraction of sp³-hybridized carbons (Fsp3) is 0.267. The monoisotopic (exact) mass is 368 g/mol. The zero-order valence-electron chi connectivity index (χ0n) is 13.8. The van der Waals surface area contributed by atoms with Crippen LogP contribution in [0.2, 0.25) is 0 Å². The standard InChI is InChI=1S/C15H14F2N4O5/c1-8-15(21(24)25)9(2)20(19-8)6-14(23)26-7-13(22)18-12-4-3-10(16)5-11(12)17/h3-5H,6-7H2,1-2H3,(H,18,22). The van der Waals surface area contributed by atoms with Crippen molar-refractivity contribution in [2.75, 3.05) is 11.9 Å². The lowest BCUT2D eigenvalue weighted by Gasteiger charge is -2.08. The number of nitro groups is 1. The van der Waals surface area contributed by atoms with Crippen molar-refractivity contribution in [3.8, 4) is 0 Å². The summed E-state index contributed by atoms with van der Waals surface area (Å²) >= 11 is 0. The number of amides is 1. The summed E-state index contributed by atoms with van der Waals surface area (Å²) in [5.41, 5.74) is -0.156. The van der Waals surface area contributed by atoms with Gasteiger partial charge in [-0.05, 0) is 26.0 Å². The first-order valence-electron chi connectivity index (χ1n) is 7.28. The molecule has 9 nitrogen and oxygen atoms in total. The fourth-order valence-electron chi connectivity index (χ4n) is 2.20. The lowest BCUT2D eigenvalue weighted by molar-refractivity contribution is -0.386. The van der Waals surface area contributed by atoms with E-state index in [0.717, 1.165) is 16.8 Å². The molecule has 2 aromatic rings. The average molecular weight is 368 g/mol. The number of carbonyl (C=O) groups excluding carboxylic acids is 2. The average Bonchev–Trinajstić information content (AvgIpc) is 2.82. The Labute approximate surface area is 145 Å². The van der Waals surface area contributed by atoms with E-state index in [1.807, 2.05) is 0 Å². The molecule has 0 bridgehead atoms. The first-order chi connectivity index (χ1) is 12.2. The van der Waals surface area contributed by atoms with Gasteiger partial charge in [0.2, 0.25) is 0 Å². The maximum Gasteiger partial charge on any atom is 0.328 e. The normalized spacial score (nSPS) is 10.5. The summed E-state index contributed by atoms with van der Waals surface area (Å²) < 4.78 is 32.0. The molecular formula is C15H14F2N4O5. The highest BCUT2D eigenvalue weighted by atomic mass is 19.1. The van der Waals surface area contributed by atoms with Gasteiger partial charge >= 0.3 is 11.7 Å². The van der Waals surface area contributed by atoms with Gasteiger partial charge in [0.05, 0.1) is 10.6 Å². The highest BCUT2D eigenvalue weighted by molar-refractivity contribution is 5.92. The molecule has 0 aliphatic carbocycles. The molecule has 26 heavy (non-hydrogen) atoms. The molecule has 0 saturated carbocycles. The third-order valence-corrected chi connectivity index (χ3v) is 3.37. The molecule has 0 fully saturated rings. The van der Waals surface area contributed by atoms with E-state index >= 15 is 0 Å². The van der Waals surface area contributed by atoms with Crippen LogP contribution < -0.4 is 5.32 Å². The Bertz CT molecular complexity index is 881. The number of nitrogens with zero attached hydrogens (tertiary/aromatic N) is 3. The maximum atomic E-state index is 13.4. The number of aryl methyl sites for hydroxylation is 1. The Morgan fingerprint density at radius 2 is 2.04 bits per heavy atom. The van der Waals surface area contributed by atoms with Crippen molar-refractivity contribution >= 4 is 23.3 Å². The number of esters is 1. The summed E-state index contributed by atoms with van der Waals surface area (Å²) in [7, 11) is 0. The van der Waals surface area contributed by atoms with E-state index in [-0.39, 0.29) is 22.8 Å². The lowest BCUT2D eigenvalue weighted by atomic mass is 10.3. The van der Waals surface area contributed by atoms with Gasteiger partial charge in [-0.2, -0.15) is 5.10 Å². The number of rotatable bonds is 6. The number of aromatic nitrogens is 2. The Morgan fingerprint density at radius 1 is 1.35 bits per heavy atom. The van der Waals surface area contributed by atoms with Crippen molar-refractivity contribution in [1.29, 1.82) is 0 Å². The molecule has 1 aromatic carbocycles. The van der Waals surface area contributed by atoms with Gasteiger partial charge in [0, 0.05) is 6.07 Å². The van der Waals surface area contributed by atoms with Gasteiger partial charge in [-0.25, -0.2) is 8.78 Å². The highest BCUT2D eigenvalue weighted by Crippen LogP contribution is 2.21. The highest BCUT2D eigenvalue weighted by Gasteiger charge is 2.23. The number of hydrogen-bond acceptors (Lipinski definition) is 6. The second kappa shape index (κ2) is 7.68. The molecule has 1 aromatic heterocycles. The SMILES string of the molecule is Cc1nn(CC(=O)OCC(=O)Nc2ccc(F)cc2F)c(C)c1[N+](=O)[O-]. The summed E-state index contributed by atoms with van der Waals surface area (Å²) in [6.07, 6.45) is 0. The first-order valence-corrected chi connectivity index (χ1v) is 7.28. The van der Waals surface area contributed by atoms with Gasteiger partial charge in [-0.1, -0.05) is 0 Å². The van der Waals surface area contributed by atoms with Crippen molar-refractivity contribution in [1.82, 2.24) is 9.78 Å². The second-order valence-corrected chi connectivity index (χ2v) is 5.27. The van der Waals surface area contributed by atoms with E-state index in [0.29, 0.717) is 6.07 Å². The number of anilines is 1. The van der Waals surface area contributed by atoms with Gasteiger partial charge < -0.3 is 10.1 Å². The summed E-state index contributed by atoms with van der Waals surface area (Å²) in [5, 5.41) is 16.9. The molecule has 1 N–H and O–H groups in total. The summed E-state index contributed by atoms with van der Waals surface area (Å²) in [5.74, 6) is -3.46. The van der Waals surface area contributed by atoms with Gasteiger partial charge in [-0.3, -0.25) is 24.4 Å². The molecule has 0 saturated heterocycles. The molecule has 1 heterocycles. The Balaban J connectivity index is 1.91. The van der Waals surface area contributed by atoms with E-state index in [9.17, 15) is 28.5 Å². The molecule has 0 aliphatic heterocycles. The summed E-state index contributed by atoms with van der Waals surface area (Å²) in [4.78, 5) is 33.7. The lowest BCUT2D eigenvalue weighted by Crippen LogP contribution is -2.24. The predicted molar refractivity (Wildman–Crippen MR) is 84.3 cm³/mol. The minimum absolute atomic E-state index is 0.143.